The van der Waals surface area contributed by atoms with Crippen molar-refractivity contribution in [3.05, 3.63) is 91.0 Å². The molecule has 0 saturated carbocycles. The summed E-state index contributed by atoms with van der Waals surface area (Å²) in [6.45, 7) is 2.41. The zero-order valence-electron chi connectivity index (χ0n) is 13.7. The Morgan fingerprint density at radius 1 is 0.520 bits per heavy atom. The Morgan fingerprint density at radius 2 is 0.720 bits per heavy atom. The van der Waals surface area contributed by atoms with Gasteiger partial charge in [0, 0.05) is 0 Å². The van der Waals surface area contributed by atoms with E-state index in [0.29, 0.717) is 0 Å². The van der Waals surface area contributed by atoms with Crippen LogP contribution in [0.1, 0.15) is 0 Å². The van der Waals surface area contributed by atoms with Crippen LogP contribution in [0.15, 0.2) is 91.0 Å². The minimum absolute atomic E-state index is 1.43. The Morgan fingerprint density at radius 3 is 0.920 bits per heavy atom. The molecule has 3 rings (SSSR count). The molecule has 0 aliphatic rings. The summed E-state index contributed by atoms with van der Waals surface area (Å²) in [6.07, 6.45) is 0. The van der Waals surface area contributed by atoms with Crippen molar-refractivity contribution in [1.82, 2.24) is 0 Å². The van der Waals surface area contributed by atoms with Crippen LogP contribution in [0.3, 0.4) is 0 Å². The zero-order chi connectivity index (χ0) is 18.3. The first kappa shape index (κ1) is 19.2. The Hall–Kier alpha value is -2.13. The van der Waals surface area contributed by atoms with Crippen LogP contribution in [0.25, 0.3) is 0 Å². The van der Waals surface area contributed by atoms with E-state index in [2.05, 4.69) is 97.7 Å². The zero-order valence-corrected chi connectivity index (χ0v) is 14.6. The van der Waals surface area contributed by atoms with Gasteiger partial charge in [-0.05, 0) is 36.4 Å². The highest BCUT2D eigenvalue weighted by molar-refractivity contribution is 7.95. The Labute approximate surface area is 146 Å². The predicted octanol–water partition coefficient (Wildman–Crippen LogP) is 4.91. The van der Waals surface area contributed by atoms with Crippen LogP contribution < -0.4 is 15.9 Å². The lowest BCUT2D eigenvalue weighted by Crippen LogP contribution is -2.30. The van der Waals surface area contributed by atoms with Crippen molar-refractivity contribution < 1.29 is 17.3 Å². The van der Waals surface area contributed by atoms with Crippen LogP contribution >= 0.6 is 7.26 Å². The molecule has 130 valence electrons. The summed E-state index contributed by atoms with van der Waals surface area (Å²) in [5.74, 6) is 0. The predicted molar refractivity (Wildman–Crippen MR) is 101 cm³/mol. The third-order valence-electron chi connectivity index (χ3n) is 3.82. The van der Waals surface area contributed by atoms with Gasteiger partial charge < -0.3 is 17.3 Å². The van der Waals surface area contributed by atoms with Gasteiger partial charge in [0.25, 0.3) is 0 Å². The smallest absolute Gasteiger partial charge is 0.418 e. The molecule has 0 aromatic heterocycles. The lowest BCUT2D eigenvalue weighted by atomic mass is 10.3. The molecule has 0 aliphatic carbocycles. The summed E-state index contributed by atoms with van der Waals surface area (Å²) in [5, 5.41) is 4.28. The summed E-state index contributed by atoms with van der Waals surface area (Å²) >= 11 is 0. The molecule has 3 aromatic rings. The van der Waals surface area contributed by atoms with Crippen molar-refractivity contribution in [3.63, 3.8) is 0 Å². The fourth-order valence-corrected chi connectivity index (χ4v) is 5.83. The quantitative estimate of drug-likeness (QED) is 0.352. The molecule has 0 heterocycles. The second-order valence-corrected chi connectivity index (χ2v) is 9.07. The average Bonchev–Trinajstić information content (AvgIpc) is 2.62. The summed E-state index contributed by atoms with van der Waals surface area (Å²) in [7, 11) is -7.53. The van der Waals surface area contributed by atoms with Crippen molar-refractivity contribution in [3.8, 4) is 0 Å². The Balaban J connectivity index is 0.000000399. The third-order valence-corrected chi connectivity index (χ3v) is 7.81. The van der Waals surface area contributed by atoms with E-state index < -0.39 is 14.5 Å². The van der Waals surface area contributed by atoms with E-state index in [9.17, 15) is 17.3 Å². The van der Waals surface area contributed by atoms with Gasteiger partial charge in [0.1, 0.15) is 23.2 Å². The molecule has 0 unspecified atom stereocenters. The highest BCUT2D eigenvalue weighted by atomic mass is 31.2. The van der Waals surface area contributed by atoms with Gasteiger partial charge in [-0.15, -0.1) is 0 Å². The van der Waals surface area contributed by atoms with Gasteiger partial charge in [-0.25, -0.2) is 0 Å². The van der Waals surface area contributed by atoms with E-state index in [1.807, 2.05) is 0 Å². The molecule has 0 fully saturated rings. The lowest BCUT2D eigenvalue weighted by Gasteiger charge is -2.22. The van der Waals surface area contributed by atoms with Crippen molar-refractivity contribution in [2.24, 2.45) is 0 Å². The number of rotatable bonds is 3. The molecule has 0 amide bonds. The molecule has 0 N–H and O–H groups in total. The highest BCUT2D eigenvalue weighted by Crippen LogP contribution is 2.51. The maximum absolute atomic E-state index is 9.75. The van der Waals surface area contributed by atoms with Gasteiger partial charge in [0.2, 0.25) is 0 Å². The SMILES string of the molecule is C[P+](c1ccccc1)(c1ccccc1)c1ccccc1.F[B-](F)(F)F. The first-order valence-corrected chi connectivity index (χ1v) is 9.96. The number of benzene rings is 3. The second kappa shape index (κ2) is 8.31. The average molecular weight is 364 g/mol. The van der Waals surface area contributed by atoms with Gasteiger partial charge in [0.05, 0.1) is 6.66 Å². The molecule has 6 heteroatoms. The molecule has 3 aromatic carbocycles. The number of hydrogen-bond acceptors (Lipinski definition) is 0. The highest BCUT2D eigenvalue weighted by Gasteiger charge is 2.39. The van der Waals surface area contributed by atoms with Gasteiger partial charge in [-0.3, -0.25) is 0 Å². The minimum atomic E-state index is -6.00. The normalized spacial score (nSPS) is 11.4. The third kappa shape index (κ3) is 5.43. The lowest BCUT2D eigenvalue weighted by molar-refractivity contribution is 0.368. The molecular weight excluding hydrogens is 346 g/mol. The maximum Gasteiger partial charge on any atom is 0.673 e. The first-order chi connectivity index (χ1) is 11.8. The van der Waals surface area contributed by atoms with Gasteiger partial charge in [-0.2, -0.15) is 0 Å². The number of halogens is 4. The van der Waals surface area contributed by atoms with E-state index in [0.717, 1.165) is 0 Å². The number of hydrogen-bond donors (Lipinski definition) is 0. The Bertz CT molecular complexity index is 659. The first-order valence-electron chi connectivity index (χ1n) is 7.72. The molecule has 0 atom stereocenters. The summed E-state index contributed by atoms with van der Waals surface area (Å²) in [6, 6.07) is 32.6. The van der Waals surface area contributed by atoms with E-state index in [1.165, 1.54) is 15.9 Å². The van der Waals surface area contributed by atoms with Gasteiger partial charge in [-0.1, -0.05) is 54.6 Å². The van der Waals surface area contributed by atoms with E-state index in [-0.39, 0.29) is 0 Å². The molecule has 0 spiro atoms. The van der Waals surface area contributed by atoms with E-state index in [1.54, 1.807) is 0 Å². The minimum Gasteiger partial charge on any atom is -0.418 e. The topological polar surface area (TPSA) is 0 Å². The van der Waals surface area contributed by atoms with Crippen LogP contribution in [0.5, 0.6) is 0 Å². The van der Waals surface area contributed by atoms with Crippen molar-refractivity contribution in [1.29, 1.82) is 0 Å². The van der Waals surface area contributed by atoms with Crippen LogP contribution in [-0.4, -0.2) is 13.9 Å². The van der Waals surface area contributed by atoms with E-state index >= 15 is 0 Å². The van der Waals surface area contributed by atoms with Crippen LogP contribution in [-0.2, 0) is 0 Å². The summed E-state index contributed by atoms with van der Waals surface area (Å²) < 4.78 is 39.0. The van der Waals surface area contributed by atoms with Crippen LogP contribution in [0, 0.1) is 0 Å². The molecule has 0 saturated heterocycles. The maximum atomic E-state index is 9.75. The Kier molecular flexibility index (Phi) is 6.38. The molecule has 0 aliphatic heterocycles. The second-order valence-electron chi connectivity index (χ2n) is 5.51. The van der Waals surface area contributed by atoms with Gasteiger partial charge in [0.15, 0.2) is 0 Å². The van der Waals surface area contributed by atoms with Crippen molar-refractivity contribution >= 4 is 30.4 Å². The molecular formula is C19H18BF4P. The molecule has 0 radical (unpaired) electrons. The van der Waals surface area contributed by atoms with E-state index in [4.69, 9.17) is 0 Å². The fourth-order valence-electron chi connectivity index (χ4n) is 2.63. The molecule has 0 bridgehead atoms. The van der Waals surface area contributed by atoms with Crippen LogP contribution in [0.2, 0.25) is 0 Å². The largest absolute Gasteiger partial charge is 0.673 e. The monoisotopic (exact) mass is 364 g/mol. The molecule has 0 nitrogen and oxygen atoms in total. The standard InChI is InChI=1S/C19H18P.BF4/c1-20(17-11-5-2-6-12-17,18-13-7-3-8-14-18)19-15-9-4-10-16-19;2-1(3,4)5/h2-16H,1H3;/q+1;-1. The van der Waals surface area contributed by atoms with Crippen molar-refractivity contribution in [2.75, 3.05) is 6.66 Å². The fraction of sp³-hybridized carbons (Fsp3) is 0.0526. The summed E-state index contributed by atoms with van der Waals surface area (Å²) in [5.41, 5.74) is 0. The van der Waals surface area contributed by atoms with Crippen LogP contribution in [0.4, 0.5) is 17.3 Å². The summed E-state index contributed by atoms with van der Waals surface area (Å²) in [4.78, 5) is 0. The molecule has 25 heavy (non-hydrogen) atoms. The van der Waals surface area contributed by atoms with Gasteiger partial charge >= 0.3 is 7.25 Å². The van der Waals surface area contributed by atoms with Crippen molar-refractivity contribution in [2.45, 2.75) is 0 Å².